The van der Waals surface area contributed by atoms with Crippen LogP contribution in [0, 0.1) is 11.8 Å². The van der Waals surface area contributed by atoms with E-state index in [1.165, 1.54) is 17.1 Å². The van der Waals surface area contributed by atoms with E-state index in [0.29, 0.717) is 19.5 Å². The molecule has 1 aliphatic carbocycles. The highest BCUT2D eigenvalue weighted by Crippen LogP contribution is 2.30. The number of nitrogens with two attached hydrogens (primary N) is 1. The first-order valence-corrected chi connectivity index (χ1v) is 9.32. The number of unbranched alkanes of at least 4 members (excludes halogenated alkanes) is 2. The SMILES string of the molecule is NNC(=O)CCCCCNC(=O)C1CCC(CN2C(=O)C=CC2=O)CC1. The van der Waals surface area contributed by atoms with Crippen LogP contribution in [0.3, 0.4) is 0 Å². The van der Waals surface area contributed by atoms with Crippen LogP contribution in [0.25, 0.3) is 0 Å². The van der Waals surface area contributed by atoms with Gasteiger partial charge in [0.05, 0.1) is 0 Å². The third kappa shape index (κ3) is 5.94. The first-order valence-electron chi connectivity index (χ1n) is 9.32. The second kappa shape index (κ2) is 10.1. The summed E-state index contributed by atoms with van der Waals surface area (Å²) in [6.07, 6.45) is 8.77. The molecule has 0 radical (unpaired) electrons. The molecule has 2 aliphatic rings. The van der Waals surface area contributed by atoms with Gasteiger partial charge in [0.2, 0.25) is 11.8 Å². The van der Waals surface area contributed by atoms with Gasteiger partial charge in [-0.3, -0.25) is 29.5 Å². The van der Waals surface area contributed by atoms with Crippen molar-refractivity contribution in [1.82, 2.24) is 15.6 Å². The van der Waals surface area contributed by atoms with Crippen molar-refractivity contribution >= 4 is 23.6 Å². The molecule has 2 rings (SSSR count). The van der Waals surface area contributed by atoms with E-state index in [0.717, 1.165) is 44.9 Å². The summed E-state index contributed by atoms with van der Waals surface area (Å²) in [5.41, 5.74) is 2.10. The molecule has 4 amide bonds. The molecular weight excluding hydrogens is 336 g/mol. The van der Waals surface area contributed by atoms with Gasteiger partial charge in [-0.15, -0.1) is 0 Å². The fourth-order valence-corrected chi connectivity index (χ4v) is 3.49. The highest BCUT2D eigenvalue weighted by molar-refractivity contribution is 6.12. The largest absolute Gasteiger partial charge is 0.356 e. The lowest BCUT2D eigenvalue weighted by atomic mass is 9.81. The number of hydrogen-bond acceptors (Lipinski definition) is 5. The van der Waals surface area contributed by atoms with E-state index in [4.69, 9.17) is 5.84 Å². The molecular formula is C18H28N4O4. The number of amides is 4. The van der Waals surface area contributed by atoms with Crippen molar-refractivity contribution in [3.8, 4) is 0 Å². The Kier molecular flexibility index (Phi) is 7.77. The van der Waals surface area contributed by atoms with Crippen LogP contribution in [0.4, 0.5) is 0 Å². The number of carbonyl (C=O) groups is 4. The molecule has 0 bridgehead atoms. The summed E-state index contributed by atoms with van der Waals surface area (Å²) < 4.78 is 0. The Morgan fingerprint density at radius 3 is 2.31 bits per heavy atom. The van der Waals surface area contributed by atoms with E-state index < -0.39 is 0 Å². The summed E-state index contributed by atoms with van der Waals surface area (Å²) in [4.78, 5) is 47.7. The van der Waals surface area contributed by atoms with Gasteiger partial charge in [-0.05, 0) is 44.4 Å². The van der Waals surface area contributed by atoms with Gasteiger partial charge < -0.3 is 5.32 Å². The molecule has 144 valence electrons. The maximum absolute atomic E-state index is 12.2. The number of hydrogen-bond donors (Lipinski definition) is 3. The van der Waals surface area contributed by atoms with E-state index in [9.17, 15) is 19.2 Å². The van der Waals surface area contributed by atoms with E-state index in [1.807, 2.05) is 0 Å². The third-order valence-corrected chi connectivity index (χ3v) is 5.10. The molecule has 0 unspecified atom stereocenters. The molecule has 0 aromatic rings. The molecule has 0 atom stereocenters. The molecule has 4 N–H and O–H groups in total. The van der Waals surface area contributed by atoms with E-state index >= 15 is 0 Å². The van der Waals surface area contributed by atoms with Crippen LogP contribution in [0.1, 0.15) is 51.4 Å². The second-order valence-electron chi connectivity index (χ2n) is 7.01. The molecule has 1 heterocycles. The normalized spacial score (nSPS) is 22.6. The maximum atomic E-state index is 12.2. The maximum Gasteiger partial charge on any atom is 0.253 e. The van der Waals surface area contributed by atoms with Crippen molar-refractivity contribution < 1.29 is 19.2 Å². The number of nitrogens with zero attached hydrogens (tertiary/aromatic N) is 1. The number of rotatable bonds is 9. The number of carbonyl (C=O) groups excluding carboxylic acids is 4. The zero-order valence-electron chi connectivity index (χ0n) is 15.0. The zero-order chi connectivity index (χ0) is 18.9. The zero-order valence-corrected chi connectivity index (χ0v) is 15.0. The summed E-state index contributed by atoms with van der Waals surface area (Å²) in [6, 6.07) is 0. The van der Waals surface area contributed by atoms with E-state index in [2.05, 4.69) is 10.7 Å². The van der Waals surface area contributed by atoms with Gasteiger partial charge >= 0.3 is 0 Å². The summed E-state index contributed by atoms with van der Waals surface area (Å²) in [7, 11) is 0. The molecule has 8 heteroatoms. The first-order chi connectivity index (χ1) is 12.5. The van der Waals surface area contributed by atoms with Crippen molar-refractivity contribution in [2.24, 2.45) is 17.7 Å². The van der Waals surface area contributed by atoms with Crippen LogP contribution in [0.15, 0.2) is 12.2 Å². The van der Waals surface area contributed by atoms with E-state index in [1.54, 1.807) is 0 Å². The van der Waals surface area contributed by atoms with Crippen molar-refractivity contribution in [1.29, 1.82) is 0 Å². The molecule has 1 aliphatic heterocycles. The predicted octanol–water partition coefficient (Wildman–Crippen LogP) is 0.384. The van der Waals surface area contributed by atoms with E-state index in [-0.39, 0.29) is 35.5 Å². The minimum absolute atomic E-state index is 0.0115. The highest BCUT2D eigenvalue weighted by Gasteiger charge is 2.31. The lowest BCUT2D eigenvalue weighted by Gasteiger charge is -2.30. The Hall–Kier alpha value is -2.22. The monoisotopic (exact) mass is 364 g/mol. The Labute approximate surface area is 153 Å². The Balaban J connectivity index is 1.57. The Morgan fingerprint density at radius 2 is 1.69 bits per heavy atom. The minimum atomic E-state index is -0.237. The lowest BCUT2D eigenvalue weighted by molar-refractivity contribution is -0.138. The average molecular weight is 364 g/mol. The second-order valence-corrected chi connectivity index (χ2v) is 7.01. The summed E-state index contributed by atoms with van der Waals surface area (Å²) in [5.74, 6) is 4.74. The smallest absolute Gasteiger partial charge is 0.253 e. The van der Waals surface area contributed by atoms with Crippen LogP contribution in [0.2, 0.25) is 0 Å². The van der Waals surface area contributed by atoms with Gasteiger partial charge in [-0.2, -0.15) is 0 Å². The molecule has 8 nitrogen and oxygen atoms in total. The van der Waals surface area contributed by atoms with Crippen LogP contribution in [-0.4, -0.2) is 41.6 Å². The van der Waals surface area contributed by atoms with Crippen molar-refractivity contribution in [2.45, 2.75) is 51.4 Å². The fraction of sp³-hybridized carbons (Fsp3) is 0.667. The lowest BCUT2D eigenvalue weighted by Crippen LogP contribution is -2.38. The van der Waals surface area contributed by atoms with Gasteiger partial charge in [0.25, 0.3) is 11.8 Å². The van der Waals surface area contributed by atoms with Crippen molar-refractivity contribution in [3.05, 3.63) is 12.2 Å². The molecule has 0 saturated heterocycles. The first kappa shape index (κ1) is 20.1. The van der Waals surface area contributed by atoms with Gasteiger partial charge in [-0.1, -0.05) is 6.42 Å². The third-order valence-electron chi connectivity index (χ3n) is 5.10. The topological polar surface area (TPSA) is 122 Å². The highest BCUT2D eigenvalue weighted by atomic mass is 16.2. The molecule has 1 saturated carbocycles. The summed E-state index contributed by atoms with van der Waals surface area (Å²) >= 11 is 0. The minimum Gasteiger partial charge on any atom is -0.356 e. The molecule has 1 fully saturated rings. The quantitative estimate of drug-likeness (QED) is 0.180. The fourth-order valence-electron chi connectivity index (χ4n) is 3.49. The van der Waals surface area contributed by atoms with Crippen molar-refractivity contribution in [2.75, 3.05) is 13.1 Å². The number of imide groups is 1. The Bertz CT molecular complexity index is 550. The van der Waals surface area contributed by atoms with Gasteiger partial charge in [0.15, 0.2) is 0 Å². The average Bonchev–Trinajstić information content (AvgIpc) is 2.96. The molecule has 26 heavy (non-hydrogen) atoms. The standard InChI is InChI=1S/C18H28N4O4/c19-21-15(23)4-2-1-3-11-20-18(26)14-7-5-13(6-8-14)12-22-16(24)9-10-17(22)25/h9-10,13-14H,1-8,11-12,19H2,(H,20,26)(H,21,23). The van der Waals surface area contributed by atoms with Crippen LogP contribution in [0.5, 0.6) is 0 Å². The summed E-state index contributed by atoms with van der Waals surface area (Å²) in [5, 5.41) is 2.96. The molecule has 0 spiro atoms. The van der Waals surface area contributed by atoms with Crippen LogP contribution < -0.4 is 16.6 Å². The van der Waals surface area contributed by atoms with Crippen LogP contribution in [-0.2, 0) is 19.2 Å². The summed E-state index contributed by atoms with van der Waals surface area (Å²) in [6.45, 7) is 1.07. The predicted molar refractivity (Wildman–Crippen MR) is 95.1 cm³/mol. The Morgan fingerprint density at radius 1 is 1.04 bits per heavy atom. The molecule has 0 aromatic carbocycles. The van der Waals surface area contributed by atoms with Crippen LogP contribution >= 0.6 is 0 Å². The van der Waals surface area contributed by atoms with Crippen molar-refractivity contribution in [3.63, 3.8) is 0 Å². The van der Waals surface area contributed by atoms with Gasteiger partial charge in [0.1, 0.15) is 0 Å². The number of nitrogens with one attached hydrogen (secondary N) is 2. The van der Waals surface area contributed by atoms with Gasteiger partial charge in [0, 0.05) is 37.6 Å². The number of hydrazine groups is 1. The van der Waals surface area contributed by atoms with Gasteiger partial charge in [-0.25, -0.2) is 5.84 Å². The molecule has 0 aromatic heterocycles.